The molecule has 0 radical (unpaired) electrons. The van der Waals surface area contributed by atoms with Crippen molar-refractivity contribution in [3.63, 3.8) is 0 Å². The van der Waals surface area contributed by atoms with Crippen molar-refractivity contribution in [1.82, 2.24) is 9.97 Å². The SMILES string of the molecule is CN.COc1cc2nc(C)nc(-c3cccc(C(F)(F)F)c3)c2cc1C1(O)CCC(C(=O)O)CC1. The van der Waals surface area contributed by atoms with E-state index in [-0.39, 0.29) is 18.4 Å². The normalized spacial score (nSPS) is 20.2. The number of carboxylic acid groups (broad SMARTS) is 1. The number of ether oxygens (including phenoxy) is 1. The number of halogens is 3. The van der Waals surface area contributed by atoms with E-state index >= 15 is 0 Å². The van der Waals surface area contributed by atoms with Gasteiger partial charge in [-0.15, -0.1) is 0 Å². The van der Waals surface area contributed by atoms with Gasteiger partial charge < -0.3 is 20.7 Å². The molecule has 3 aromatic rings. The topological polar surface area (TPSA) is 119 Å². The first-order valence-electron chi connectivity index (χ1n) is 11.1. The summed E-state index contributed by atoms with van der Waals surface area (Å²) in [6, 6.07) is 8.21. The first-order valence-corrected chi connectivity index (χ1v) is 11.1. The summed E-state index contributed by atoms with van der Waals surface area (Å²) in [6.45, 7) is 1.65. The molecule has 188 valence electrons. The minimum atomic E-state index is -4.50. The zero-order valence-electron chi connectivity index (χ0n) is 19.7. The van der Waals surface area contributed by atoms with Crippen LogP contribution in [0.15, 0.2) is 36.4 Å². The molecule has 0 spiro atoms. The van der Waals surface area contributed by atoms with E-state index in [4.69, 9.17) is 4.74 Å². The number of nitrogens with zero attached hydrogens (tertiary/aromatic N) is 2. The fourth-order valence-electron chi connectivity index (χ4n) is 4.48. The number of aliphatic hydroxyl groups is 1. The maximum absolute atomic E-state index is 13.3. The summed E-state index contributed by atoms with van der Waals surface area (Å²) in [4.78, 5) is 20.2. The fourth-order valence-corrected chi connectivity index (χ4v) is 4.48. The molecule has 35 heavy (non-hydrogen) atoms. The average molecular weight is 492 g/mol. The Kier molecular flexibility index (Phi) is 7.66. The van der Waals surface area contributed by atoms with Crippen LogP contribution in [-0.4, -0.2) is 40.3 Å². The number of hydrogen-bond donors (Lipinski definition) is 3. The third kappa shape index (κ3) is 5.38. The van der Waals surface area contributed by atoms with Crippen molar-refractivity contribution in [1.29, 1.82) is 0 Å². The van der Waals surface area contributed by atoms with Crippen LogP contribution in [0, 0.1) is 12.8 Å². The van der Waals surface area contributed by atoms with Crippen molar-refractivity contribution in [2.24, 2.45) is 11.7 Å². The van der Waals surface area contributed by atoms with Crippen molar-refractivity contribution in [3.8, 4) is 17.0 Å². The third-order valence-electron chi connectivity index (χ3n) is 6.26. The Balaban J connectivity index is 0.00000167. The monoisotopic (exact) mass is 491 g/mol. The summed E-state index contributed by atoms with van der Waals surface area (Å²) in [6.07, 6.45) is -3.45. The van der Waals surface area contributed by atoms with Gasteiger partial charge in [-0.3, -0.25) is 4.79 Å². The number of nitrogens with two attached hydrogens (primary N) is 1. The molecule has 10 heteroatoms. The predicted octanol–water partition coefficient (Wildman–Crippen LogP) is 4.67. The number of benzene rings is 2. The second kappa shape index (κ2) is 10.2. The lowest BCUT2D eigenvalue weighted by Crippen LogP contribution is -2.34. The van der Waals surface area contributed by atoms with Crippen LogP contribution in [0.3, 0.4) is 0 Å². The second-order valence-electron chi connectivity index (χ2n) is 8.41. The van der Waals surface area contributed by atoms with E-state index < -0.39 is 29.2 Å². The Bertz CT molecular complexity index is 1220. The first kappa shape index (κ1) is 26.4. The molecule has 1 heterocycles. The molecule has 0 atom stereocenters. The number of rotatable bonds is 4. The van der Waals surface area contributed by atoms with Gasteiger partial charge in [0, 0.05) is 22.6 Å². The summed E-state index contributed by atoms with van der Waals surface area (Å²) in [5.41, 5.74) is 3.89. The van der Waals surface area contributed by atoms with Gasteiger partial charge in [-0.25, -0.2) is 9.97 Å². The third-order valence-corrected chi connectivity index (χ3v) is 6.26. The van der Waals surface area contributed by atoms with E-state index in [2.05, 4.69) is 15.7 Å². The smallest absolute Gasteiger partial charge is 0.416 e. The Labute approximate surface area is 200 Å². The zero-order chi connectivity index (χ0) is 26.0. The largest absolute Gasteiger partial charge is 0.496 e. The van der Waals surface area contributed by atoms with Crippen molar-refractivity contribution in [3.05, 3.63) is 53.3 Å². The second-order valence-corrected chi connectivity index (χ2v) is 8.41. The molecule has 0 unspecified atom stereocenters. The van der Waals surface area contributed by atoms with Crippen LogP contribution in [0.2, 0.25) is 0 Å². The van der Waals surface area contributed by atoms with Gasteiger partial charge in [-0.1, -0.05) is 12.1 Å². The van der Waals surface area contributed by atoms with Crippen LogP contribution in [-0.2, 0) is 16.6 Å². The van der Waals surface area contributed by atoms with Gasteiger partial charge in [0.25, 0.3) is 0 Å². The van der Waals surface area contributed by atoms with Crippen LogP contribution in [0.25, 0.3) is 22.2 Å². The molecular weight excluding hydrogens is 463 g/mol. The molecule has 1 aromatic heterocycles. The van der Waals surface area contributed by atoms with Gasteiger partial charge in [0.05, 0.1) is 35.4 Å². The highest BCUT2D eigenvalue weighted by atomic mass is 19.4. The highest BCUT2D eigenvalue weighted by Gasteiger charge is 2.39. The lowest BCUT2D eigenvalue weighted by atomic mass is 9.74. The number of fused-ring (bicyclic) bond motifs is 1. The van der Waals surface area contributed by atoms with Gasteiger partial charge in [-0.2, -0.15) is 13.2 Å². The van der Waals surface area contributed by atoms with Gasteiger partial charge in [0.1, 0.15) is 11.6 Å². The van der Waals surface area contributed by atoms with E-state index in [0.717, 1.165) is 12.1 Å². The molecule has 0 saturated heterocycles. The van der Waals surface area contributed by atoms with E-state index in [1.54, 1.807) is 25.1 Å². The quantitative estimate of drug-likeness (QED) is 0.485. The lowest BCUT2D eigenvalue weighted by molar-refractivity contribution is -0.145. The van der Waals surface area contributed by atoms with Crippen LogP contribution in [0.1, 0.15) is 42.6 Å². The molecular formula is C25H28F3N3O4. The van der Waals surface area contributed by atoms with Crippen LogP contribution in [0.5, 0.6) is 5.75 Å². The summed E-state index contributed by atoms with van der Waals surface area (Å²) in [5.74, 6) is -0.654. The van der Waals surface area contributed by atoms with Crippen molar-refractivity contribution >= 4 is 16.9 Å². The molecule has 1 aliphatic rings. The van der Waals surface area contributed by atoms with Gasteiger partial charge >= 0.3 is 12.1 Å². The molecule has 0 bridgehead atoms. The molecule has 4 N–H and O–H groups in total. The van der Waals surface area contributed by atoms with E-state index in [1.165, 1.54) is 20.2 Å². The molecule has 1 aliphatic carbocycles. The average Bonchev–Trinajstić information content (AvgIpc) is 2.83. The van der Waals surface area contributed by atoms with Crippen LogP contribution in [0.4, 0.5) is 13.2 Å². The Morgan fingerprint density at radius 3 is 2.37 bits per heavy atom. The van der Waals surface area contributed by atoms with Gasteiger partial charge in [0.2, 0.25) is 0 Å². The Hall–Kier alpha value is -3.24. The number of carbonyl (C=O) groups is 1. The Morgan fingerprint density at radius 1 is 1.14 bits per heavy atom. The maximum Gasteiger partial charge on any atom is 0.416 e. The highest BCUT2D eigenvalue weighted by molar-refractivity contribution is 5.94. The minimum Gasteiger partial charge on any atom is -0.496 e. The summed E-state index contributed by atoms with van der Waals surface area (Å²) in [5, 5.41) is 21.2. The first-order chi connectivity index (χ1) is 16.5. The number of aliphatic carboxylic acids is 1. The maximum atomic E-state index is 13.3. The summed E-state index contributed by atoms with van der Waals surface area (Å²) < 4.78 is 45.4. The highest BCUT2D eigenvalue weighted by Crippen LogP contribution is 2.45. The molecule has 1 saturated carbocycles. The number of methoxy groups -OCH3 is 1. The number of aryl methyl sites for hydroxylation is 1. The molecule has 0 aliphatic heterocycles. The predicted molar refractivity (Wildman–Crippen MR) is 125 cm³/mol. The van der Waals surface area contributed by atoms with Crippen LogP contribution < -0.4 is 10.5 Å². The zero-order valence-corrected chi connectivity index (χ0v) is 19.7. The number of alkyl halides is 3. The fraction of sp³-hybridized carbons (Fsp3) is 0.400. The summed E-state index contributed by atoms with van der Waals surface area (Å²) >= 11 is 0. The number of hydrogen-bond acceptors (Lipinski definition) is 6. The number of carboxylic acids is 1. The van der Waals surface area contributed by atoms with Gasteiger partial charge in [-0.05, 0) is 57.9 Å². The lowest BCUT2D eigenvalue weighted by Gasteiger charge is -2.36. The molecule has 0 amide bonds. The van der Waals surface area contributed by atoms with Crippen LogP contribution >= 0.6 is 0 Å². The number of aromatic nitrogens is 2. The van der Waals surface area contributed by atoms with Crippen molar-refractivity contribution in [2.45, 2.75) is 44.4 Å². The van der Waals surface area contributed by atoms with Crippen molar-refractivity contribution < 1.29 is 32.9 Å². The molecule has 7 nitrogen and oxygen atoms in total. The Morgan fingerprint density at radius 2 is 1.80 bits per heavy atom. The molecule has 4 rings (SSSR count). The molecule has 1 fully saturated rings. The van der Waals surface area contributed by atoms with Crippen molar-refractivity contribution in [2.75, 3.05) is 14.2 Å². The summed E-state index contributed by atoms with van der Waals surface area (Å²) in [7, 11) is 2.96. The van der Waals surface area contributed by atoms with Gasteiger partial charge in [0.15, 0.2) is 0 Å². The minimum absolute atomic E-state index is 0.220. The van der Waals surface area contributed by atoms with E-state index in [1.807, 2.05) is 0 Å². The molecule has 2 aromatic carbocycles. The van der Waals surface area contributed by atoms with E-state index in [9.17, 15) is 28.2 Å². The van der Waals surface area contributed by atoms with E-state index in [0.29, 0.717) is 46.6 Å². The standard InChI is InChI=1S/C24H23F3N2O4.CH5N/c1-13-28-19-12-20(33-2)18(23(32)8-6-14(7-9-23)22(30)31)11-17(19)21(29-13)15-4-3-5-16(10-15)24(25,26)27;1-2/h3-5,10-12,14,32H,6-9H2,1-2H3,(H,30,31);2H2,1H3.